The number of Topliss-reactive ketones (excluding diaryl/α,β-unsaturated/α-hetero) is 1. The summed E-state index contributed by atoms with van der Waals surface area (Å²) in [5, 5.41) is -0.358. The fourth-order valence-electron chi connectivity index (χ4n) is 1.97. The number of hydrogen-bond donors (Lipinski definition) is 0. The lowest BCUT2D eigenvalue weighted by molar-refractivity contribution is -0.195. The van der Waals surface area contributed by atoms with Crippen LogP contribution in [0.15, 0.2) is 24.3 Å². The highest BCUT2D eigenvalue weighted by Crippen LogP contribution is 2.26. The zero-order valence-electron chi connectivity index (χ0n) is 10.9. The number of benzene rings is 1. The molecule has 0 fully saturated rings. The highest BCUT2D eigenvalue weighted by atomic mass is 79.9. The molecule has 0 aromatic heterocycles. The van der Waals surface area contributed by atoms with E-state index >= 15 is 0 Å². The molecule has 0 saturated carbocycles. The second kappa shape index (κ2) is 6.17. The van der Waals surface area contributed by atoms with Gasteiger partial charge in [-0.2, -0.15) is 13.2 Å². The molecule has 22 heavy (non-hydrogen) atoms. The summed E-state index contributed by atoms with van der Waals surface area (Å²) in [5.74, 6) is -2.58. The standard InChI is InChI=1S/C13H9BrF3NO4/c14-5-9(19)12(22-6-13(15,16)17)18-10(20)7-3-1-2-4-8(7)11(18)21/h1-4,12H,5-6H2. The van der Waals surface area contributed by atoms with Gasteiger partial charge in [0.05, 0.1) is 16.5 Å². The average molecular weight is 380 g/mol. The van der Waals surface area contributed by atoms with Crippen molar-refractivity contribution in [2.45, 2.75) is 12.4 Å². The lowest BCUT2D eigenvalue weighted by Crippen LogP contribution is -2.48. The molecule has 2 amide bonds. The number of fused-ring (bicyclic) bond motifs is 1. The molecule has 0 radical (unpaired) electrons. The lowest BCUT2D eigenvalue weighted by Gasteiger charge is -2.25. The number of carbonyl (C=O) groups is 3. The predicted octanol–water partition coefficient (Wildman–Crippen LogP) is 2.15. The molecular formula is C13H9BrF3NO4. The van der Waals surface area contributed by atoms with Crippen molar-refractivity contribution in [3.05, 3.63) is 35.4 Å². The first kappa shape index (κ1) is 16.6. The summed E-state index contributed by atoms with van der Waals surface area (Å²) in [7, 11) is 0. The Morgan fingerprint density at radius 1 is 1.18 bits per heavy atom. The second-order valence-electron chi connectivity index (χ2n) is 4.40. The number of hydrogen-bond acceptors (Lipinski definition) is 4. The quantitative estimate of drug-likeness (QED) is 0.580. The van der Waals surface area contributed by atoms with Crippen molar-refractivity contribution in [1.82, 2.24) is 4.90 Å². The zero-order chi connectivity index (χ0) is 16.5. The molecule has 5 nitrogen and oxygen atoms in total. The molecule has 1 heterocycles. The minimum atomic E-state index is -4.69. The first-order chi connectivity index (χ1) is 10.3. The van der Waals surface area contributed by atoms with Crippen molar-refractivity contribution >= 4 is 33.5 Å². The Kier molecular flexibility index (Phi) is 4.66. The van der Waals surface area contributed by atoms with Gasteiger partial charge < -0.3 is 4.74 Å². The zero-order valence-corrected chi connectivity index (χ0v) is 12.5. The van der Waals surface area contributed by atoms with E-state index in [1.54, 1.807) is 0 Å². The summed E-state index contributed by atoms with van der Waals surface area (Å²) in [6, 6.07) is 5.72. The minimum Gasteiger partial charge on any atom is -0.341 e. The summed E-state index contributed by atoms with van der Waals surface area (Å²) in [4.78, 5) is 36.5. The van der Waals surface area contributed by atoms with Crippen LogP contribution in [-0.4, -0.2) is 46.8 Å². The van der Waals surface area contributed by atoms with Crippen LogP contribution in [0.4, 0.5) is 13.2 Å². The first-order valence-electron chi connectivity index (χ1n) is 6.00. The van der Waals surface area contributed by atoms with Gasteiger partial charge in [0.2, 0.25) is 0 Å². The Bertz CT molecular complexity index is 597. The predicted molar refractivity (Wildman–Crippen MR) is 71.5 cm³/mol. The maximum Gasteiger partial charge on any atom is 0.411 e. The monoisotopic (exact) mass is 379 g/mol. The van der Waals surface area contributed by atoms with E-state index in [9.17, 15) is 27.6 Å². The number of rotatable bonds is 5. The smallest absolute Gasteiger partial charge is 0.341 e. The van der Waals surface area contributed by atoms with Crippen LogP contribution in [0.25, 0.3) is 0 Å². The van der Waals surface area contributed by atoms with Gasteiger partial charge in [0, 0.05) is 0 Å². The largest absolute Gasteiger partial charge is 0.411 e. The molecule has 0 aliphatic carbocycles. The van der Waals surface area contributed by atoms with Crippen LogP contribution < -0.4 is 0 Å². The van der Waals surface area contributed by atoms with Gasteiger partial charge in [-0.3, -0.25) is 14.4 Å². The van der Waals surface area contributed by atoms with Crippen LogP contribution in [0.3, 0.4) is 0 Å². The van der Waals surface area contributed by atoms with Gasteiger partial charge in [0.25, 0.3) is 11.8 Å². The third-order valence-corrected chi connectivity index (χ3v) is 3.42. The fraction of sp³-hybridized carbons (Fsp3) is 0.308. The van der Waals surface area contributed by atoms with E-state index in [0.717, 1.165) is 0 Å². The maximum absolute atomic E-state index is 12.3. The molecule has 118 valence electrons. The van der Waals surface area contributed by atoms with Crippen LogP contribution >= 0.6 is 15.9 Å². The first-order valence-corrected chi connectivity index (χ1v) is 7.12. The van der Waals surface area contributed by atoms with Crippen LogP contribution in [-0.2, 0) is 9.53 Å². The normalized spacial score (nSPS) is 15.9. The highest BCUT2D eigenvalue weighted by Gasteiger charge is 2.44. The van der Waals surface area contributed by atoms with Crippen molar-refractivity contribution in [1.29, 1.82) is 0 Å². The van der Waals surface area contributed by atoms with Gasteiger partial charge in [-0.15, -0.1) is 0 Å². The second-order valence-corrected chi connectivity index (χ2v) is 4.97. The molecule has 0 bridgehead atoms. The molecule has 1 unspecified atom stereocenters. The summed E-state index contributed by atoms with van der Waals surface area (Å²) >= 11 is 2.80. The Balaban J connectivity index is 2.31. The van der Waals surface area contributed by atoms with E-state index in [4.69, 9.17) is 0 Å². The van der Waals surface area contributed by atoms with E-state index in [1.165, 1.54) is 24.3 Å². The minimum absolute atomic E-state index is 0.0236. The Labute approximate surface area is 131 Å². The topological polar surface area (TPSA) is 63.7 Å². The molecule has 0 spiro atoms. The van der Waals surface area contributed by atoms with Crippen LogP contribution in [0, 0.1) is 0 Å². The summed E-state index contributed by atoms with van der Waals surface area (Å²) in [6.07, 6.45) is -6.61. The number of imide groups is 1. The number of ketones is 1. The van der Waals surface area contributed by atoms with E-state index in [1.807, 2.05) is 0 Å². The van der Waals surface area contributed by atoms with Crippen LogP contribution in [0.1, 0.15) is 20.7 Å². The van der Waals surface area contributed by atoms with Crippen molar-refractivity contribution in [2.24, 2.45) is 0 Å². The van der Waals surface area contributed by atoms with E-state index in [-0.39, 0.29) is 16.5 Å². The number of halogens is 4. The van der Waals surface area contributed by atoms with Crippen LogP contribution in [0.2, 0.25) is 0 Å². The summed E-state index contributed by atoms with van der Waals surface area (Å²) in [5.41, 5.74) is 0.0472. The Morgan fingerprint density at radius 3 is 2.09 bits per heavy atom. The molecule has 1 aromatic rings. The number of carbonyl (C=O) groups excluding carboxylic acids is 3. The third-order valence-electron chi connectivity index (χ3n) is 2.87. The molecule has 9 heteroatoms. The molecule has 2 rings (SSSR count). The van der Waals surface area contributed by atoms with Gasteiger partial charge in [0.15, 0.2) is 12.0 Å². The van der Waals surface area contributed by atoms with Gasteiger partial charge in [-0.25, -0.2) is 4.90 Å². The molecule has 1 aliphatic rings. The molecule has 0 N–H and O–H groups in total. The van der Waals surface area contributed by atoms with Gasteiger partial charge in [0.1, 0.15) is 6.61 Å². The van der Waals surface area contributed by atoms with Gasteiger partial charge in [-0.1, -0.05) is 28.1 Å². The highest BCUT2D eigenvalue weighted by molar-refractivity contribution is 9.09. The fourth-order valence-corrected chi connectivity index (χ4v) is 2.25. The molecular weight excluding hydrogens is 371 g/mol. The van der Waals surface area contributed by atoms with Crippen LogP contribution in [0.5, 0.6) is 0 Å². The van der Waals surface area contributed by atoms with E-state index in [2.05, 4.69) is 20.7 Å². The molecule has 0 saturated heterocycles. The Hall–Kier alpha value is -1.74. The average Bonchev–Trinajstić information content (AvgIpc) is 2.71. The summed E-state index contributed by atoms with van der Waals surface area (Å²) < 4.78 is 41.4. The van der Waals surface area contributed by atoms with E-state index < -0.39 is 36.6 Å². The number of alkyl halides is 4. The summed E-state index contributed by atoms with van der Waals surface area (Å²) in [6.45, 7) is -1.75. The van der Waals surface area contributed by atoms with Crippen molar-refractivity contribution < 1.29 is 32.3 Å². The molecule has 1 atom stereocenters. The van der Waals surface area contributed by atoms with Crippen molar-refractivity contribution in [2.75, 3.05) is 11.9 Å². The lowest BCUT2D eigenvalue weighted by atomic mass is 10.1. The van der Waals surface area contributed by atoms with Crippen molar-refractivity contribution in [3.8, 4) is 0 Å². The number of nitrogens with zero attached hydrogens (tertiary/aromatic N) is 1. The number of ether oxygens (including phenoxy) is 1. The van der Waals surface area contributed by atoms with E-state index in [0.29, 0.717) is 4.90 Å². The third kappa shape index (κ3) is 3.20. The Morgan fingerprint density at radius 2 is 1.68 bits per heavy atom. The number of amides is 2. The molecule has 1 aromatic carbocycles. The SMILES string of the molecule is O=C(CBr)C(OCC(F)(F)F)N1C(=O)c2ccccc2C1=O. The molecule has 1 aliphatic heterocycles. The van der Waals surface area contributed by atoms with Gasteiger partial charge >= 0.3 is 6.18 Å². The maximum atomic E-state index is 12.3. The van der Waals surface area contributed by atoms with Gasteiger partial charge in [-0.05, 0) is 12.1 Å². The van der Waals surface area contributed by atoms with Crippen molar-refractivity contribution in [3.63, 3.8) is 0 Å².